The van der Waals surface area contributed by atoms with Gasteiger partial charge in [0.15, 0.2) is 0 Å². The van der Waals surface area contributed by atoms with Gasteiger partial charge < -0.3 is 15.7 Å². The van der Waals surface area contributed by atoms with Gasteiger partial charge in [0.25, 0.3) is 0 Å². The van der Waals surface area contributed by atoms with Gasteiger partial charge in [-0.05, 0) is 25.9 Å². The number of carbonyl (C=O) groups is 1. The summed E-state index contributed by atoms with van der Waals surface area (Å²) in [4.78, 5) is 11.4. The van der Waals surface area contributed by atoms with Gasteiger partial charge >= 0.3 is 0 Å². The summed E-state index contributed by atoms with van der Waals surface area (Å²) in [6.45, 7) is 5.81. The summed E-state index contributed by atoms with van der Waals surface area (Å²) in [5.74, 6) is 0.571. The molecule has 0 radical (unpaired) electrons. The zero-order chi connectivity index (χ0) is 9.84. The van der Waals surface area contributed by atoms with Crippen LogP contribution >= 0.6 is 0 Å². The second-order valence-corrected chi connectivity index (χ2v) is 3.80. The molecule has 1 saturated heterocycles. The highest BCUT2D eigenvalue weighted by molar-refractivity contribution is 5.78. The summed E-state index contributed by atoms with van der Waals surface area (Å²) in [5, 5.41) is 14.8. The predicted molar refractivity (Wildman–Crippen MR) is 50.2 cm³/mol. The normalized spacial score (nSPS) is 21.8. The van der Waals surface area contributed by atoms with E-state index >= 15 is 0 Å². The Morgan fingerprint density at radius 3 is 2.62 bits per heavy atom. The van der Waals surface area contributed by atoms with E-state index in [0.29, 0.717) is 12.5 Å². The van der Waals surface area contributed by atoms with Crippen LogP contribution in [0.25, 0.3) is 0 Å². The Balaban J connectivity index is 2.21. The highest BCUT2D eigenvalue weighted by Gasteiger charge is 2.28. The van der Waals surface area contributed by atoms with E-state index in [4.69, 9.17) is 5.11 Å². The van der Waals surface area contributed by atoms with E-state index in [1.165, 1.54) is 0 Å². The molecule has 1 aliphatic rings. The molecule has 1 heterocycles. The first kappa shape index (κ1) is 10.5. The van der Waals surface area contributed by atoms with Crippen molar-refractivity contribution in [3.8, 4) is 0 Å². The zero-order valence-electron chi connectivity index (χ0n) is 8.21. The SMILES string of the molecule is CC(C(=O)NC[C@H](C)O)C1CNC1. The molecule has 1 rings (SSSR count). The van der Waals surface area contributed by atoms with Crippen LogP contribution < -0.4 is 10.6 Å². The van der Waals surface area contributed by atoms with Gasteiger partial charge in [-0.1, -0.05) is 6.92 Å². The van der Waals surface area contributed by atoms with Gasteiger partial charge in [0.2, 0.25) is 5.91 Å². The molecule has 0 aromatic carbocycles. The van der Waals surface area contributed by atoms with Gasteiger partial charge in [0, 0.05) is 12.5 Å². The highest BCUT2D eigenvalue weighted by Crippen LogP contribution is 2.15. The quantitative estimate of drug-likeness (QED) is 0.546. The van der Waals surface area contributed by atoms with Crippen LogP contribution in [-0.4, -0.2) is 36.8 Å². The largest absolute Gasteiger partial charge is 0.392 e. The van der Waals surface area contributed by atoms with Gasteiger partial charge in [0.1, 0.15) is 0 Å². The fraction of sp³-hybridized carbons (Fsp3) is 0.889. The zero-order valence-corrected chi connectivity index (χ0v) is 8.21. The third kappa shape index (κ3) is 2.97. The monoisotopic (exact) mass is 186 g/mol. The van der Waals surface area contributed by atoms with Gasteiger partial charge in [-0.25, -0.2) is 0 Å². The molecule has 0 aromatic rings. The number of nitrogens with one attached hydrogen (secondary N) is 2. The Morgan fingerprint density at radius 1 is 1.62 bits per heavy atom. The van der Waals surface area contributed by atoms with Crippen molar-refractivity contribution in [2.75, 3.05) is 19.6 Å². The average Bonchev–Trinajstić information content (AvgIpc) is 1.96. The molecule has 4 heteroatoms. The lowest BCUT2D eigenvalue weighted by Crippen LogP contribution is -2.50. The van der Waals surface area contributed by atoms with Crippen molar-refractivity contribution in [1.29, 1.82) is 0 Å². The van der Waals surface area contributed by atoms with Crippen LogP contribution in [0.5, 0.6) is 0 Å². The summed E-state index contributed by atoms with van der Waals surface area (Å²) >= 11 is 0. The van der Waals surface area contributed by atoms with Gasteiger partial charge in [-0.2, -0.15) is 0 Å². The van der Waals surface area contributed by atoms with Gasteiger partial charge in [-0.15, -0.1) is 0 Å². The van der Waals surface area contributed by atoms with E-state index in [0.717, 1.165) is 13.1 Å². The van der Waals surface area contributed by atoms with Crippen molar-refractivity contribution in [1.82, 2.24) is 10.6 Å². The summed E-state index contributed by atoms with van der Waals surface area (Å²) < 4.78 is 0. The highest BCUT2D eigenvalue weighted by atomic mass is 16.3. The maximum Gasteiger partial charge on any atom is 0.223 e. The number of aliphatic hydroxyl groups is 1. The third-order valence-electron chi connectivity index (χ3n) is 2.51. The molecule has 0 saturated carbocycles. The Hall–Kier alpha value is -0.610. The van der Waals surface area contributed by atoms with E-state index in [-0.39, 0.29) is 11.8 Å². The van der Waals surface area contributed by atoms with Crippen LogP contribution in [0.2, 0.25) is 0 Å². The Bertz CT molecular complexity index is 178. The van der Waals surface area contributed by atoms with Crippen LogP contribution in [0.4, 0.5) is 0 Å². The fourth-order valence-electron chi connectivity index (χ4n) is 1.29. The van der Waals surface area contributed by atoms with Crippen molar-refractivity contribution in [2.24, 2.45) is 11.8 Å². The first-order valence-corrected chi connectivity index (χ1v) is 4.77. The van der Waals surface area contributed by atoms with E-state index in [1.807, 2.05) is 6.92 Å². The van der Waals surface area contributed by atoms with Gasteiger partial charge in [0.05, 0.1) is 6.10 Å². The summed E-state index contributed by atoms with van der Waals surface area (Å²) in [7, 11) is 0. The van der Waals surface area contributed by atoms with Crippen molar-refractivity contribution in [3.05, 3.63) is 0 Å². The maximum absolute atomic E-state index is 11.4. The lowest BCUT2D eigenvalue weighted by molar-refractivity contribution is -0.127. The van der Waals surface area contributed by atoms with E-state index in [2.05, 4.69) is 10.6 Å². The fourth-order valence-corrected chi connectivity index (χ4v) is 1.29. The minimum Gasteiger partial charge on any atom is -0.392 e. The molecular weight excluding hydrogens is 168 g/mol. The molecule has 1 fully saturated rings. The summed E-state index contributed by atoms with van der Waals surface area (Å²) in [6, 6.07) is 0. The average molecular weight is 186 g/mol. The van der Waals surface area contributed by atoms with Crippen molar-refractivity contribution in [2.45, 2.75) is 20.0 Å². The number of amides is 1. The molecule has 0 spiro atoms. The molecule has 4 nitrogen and oxygen atoms in total. The standard InChI is InChI=1S/C9H18N2O2/c1-6(12)3-11-9(13)7(2)8-4-10-5-8/h6-8,10,12H,3-5H2,1-2H3,(H,11,13)/t6-,7?/m0/s1. The molecule has 1 aliphatic heterocycles. The molecule has 76 valence electrons. The summed E-state index contributed by atoms with van der Waals surface area (Å²) in [5.41, 5.74) is 0. The van der Waals surface area contributed by atoms with Crippen LogP contribution in [-0.2, 0) is 4.79 Å². The maximum atomic E-state index is 11.4. The van der Waals surface area contributed by atoms with E-state index < -0.39 is 6.10 Å². The Kier molecular flexibility index (Phi) is 3.69. The molecule has 0 bridgehead atoms. The van der Waals surface area contributed by atoms with E-state index in [9.17, 15) is 4.79 Å². The molecular formula is C9H18N2O2. The molecule has 13 heavy (non-hydrogen) atoms. The number of aliphatic hydroxyl groups excluding tert-OH is 1. The first-order valence-electron chi connectivity index (χ1n) is 4.77. The summed E-state index contributed by atoms with van der Waals surface area (Å²) in [6.07, 6.45) is -0.462. The Morgan fingerprint density at radius 2 is 2.23 bits per heavy atom. The molecule has 3 N–H and O–H groups in total. The second kappa shape index (κ2) is 4.58. The predicted octanol–water partition coefficient (Wildman–Crippen LogP) is -0.661. The Labute approximate surface area is 78.7 Å². The number of hydrogen-bond acceptors (Lipinski definition) is 3. The second-order valence-electron chi connectivity index (χ2n) is 3.80. The minimum atomic E-state index is -0.462. The molecule has 2 atom stereocenters. The van der Waals surface area contributed by atoms with E-state index in [1.54, 1.807) is 6.92 Å². The molecule has 0 aliphatic carbocycles. The molecule has 0 aromatic heterocycles. The van der Waals surface area contributed by atoms with Gasteiger partial charge in [-0.3, -0.25) is 4.79 Å². The number of hydrogen-bond donors (Lipinski definition) is 3. The van der Waals surface area contributed by atoms with Crippen molar-refractivity contribution >= 4 is 5.91 Å². The van der Waals surface area contributed by atoms with Crippen molar-refractivity contribution in [3.63, 3.8) is 0 Å². The van der Waals surface area contributed by atoms with Crippen LogP contribution in [0.3, 0.4) is 0 Å². The first-order chi connectivity index (χ1) is 6.11. The number of carbonyl (C=O) groups excluding carboxylic acids is 1. The lowest BCUT2D eigenvalue weighted by Gasteiger charge is -2.31. The van der Waals surface area contributed by atoms with Crippen LogP contribution in [0.15, 0.2) is 0 Å². The van der Waals surface area contributed by atoms with Crippen LogP contribution in [0, 0.1) is 11.8 Å². The smallest absolute Gasteiger partial charge is 0.223 e. The number of rotatable bonds is 4. The molecule has 1 unspecified atom stereocenters. The molecule has 1 amide bonds. The topological polar surface area (TPSA) is 61.4 Å². The third-order valence-corrected chi connectivity index (χ3v) is 2.51. The van der Waals surface area contributed by atoms with Crippen LogP contribution in [0.1, 0.15) is 13.8 Å². The minimum absolute atomic E-state index is 0.0485. The lowest BCUT2D eigenvalue weighted by atomic mass is 9.88. The van der Waals surface area contributed by atoms with Crippen molar-refractivity contribution < 1.29 is 9.90 Å².